The van der Waals surface area contributed by atoms with E-state index in [0.29, 0.717) is 6.04 Å². The summed E-state index contributed by atoms with van der Waals surface area (Å²) in [5, 5.41) is 3.65. The number of hydrogen-bond donors (Lipinski definition) is 1. The van der Waals surface area contributed by atoms with Crippen LogP contribution in [0.25, 0.3) is 0 Å². The van der Waals surface area contributed by atoms with Crippen molar-refractivity contribution in [2.45, 2.75) is 37.1 Å². The molecule has 0 radical (unpaired) electrons. The smallest absolute Gasteiger partial charge is 0.0353 e. The molecule has 1 fully saturated rings. The second-order valence-electron chi connectivity index (χ2n) is 4.39. The highest BCUT2D eigenvalue weighted by atomic mass is 32.2. The summed E-state index contributed by atoms with van der Waals surface area (Å²) < 4.78 is 0. The Labute approximate surface area is 96.7 Å². The van der Waals surface area contributed by atoms with Gasteiger partial charge in [-0.1, -0.05) is 19.4 Å². The Morgan fingerprint density at radius 1 is 1.33 bits per heavy atom. The van der Waals surface area contributed by atoms with E-state index < -0.39 is 0 Å². The average molecular weight is 221 g/mol. The van der Waals surface area contributed by atoms with Crippen LogP contribution in [0.4, 0.5) is 5.69 Å². The van der Waals surface area contributed by atoms with Crippen LogP contribution in [0.3, 0.4) is 0 Å². The minimum atomic E-state index is 0.683. The fourth-order valence-corrected chi connectivity index (χ4v) is 2.75. The van der Waals surface area contributed by atoms with E-state index in [2.05, 4.69) is 42.8 Å². The average Bonchev–Trinajstić information content (AvgIpc) is 2.65. The first-order chi connectivity index (χ1) is 7.29. The third kappa shape index (κ3) is 2.69. The molecule has 1 aromatic rings. The number of benzene rings is 1. The molecule has 82 valence electrons. The van der Waals surface area contributed by atoms with E-state index in [9.17, 15) is 0 Å². The normalized spacial score (nSPS) is 25.5. The van der Waals surface area contributed by atoms with Crippen LogP contribution in [0.15, 0.2) is 29.2 Å². The maximum atomic E-state index is 3.65. The molecule has 0 spiro atoms. The molecule has 0 bridgehead atoms. The van der Waals surface area contributed by atoms with Gasteiger partial charge in [0.15, 0.2) is 0 Å². The van der Waals surface area contributed by atoms with Gasteiger partial charge in [0.25, 0.3) is 0 Å². The summed E-state index contributed by atoms with van der Waals surface area (Å²) in [6.45, 7) is 2.35. The lowest BCUT2D eigenvalue weighted by atomic mass is 10.1. The molecule has 1 nitrogen and oxygen atoms in total. The van der Waals surface area contributed by atoms with Gasteiger partial charge >= 0.3 is 0 Å². The van der Waals surface area contributed by atoms with Crippen molar-refractivity contribution in [2.24, 2.45) is 5.92 Å². The lowest BCUT2D eigenvalue weighted by Crippen LogP contribution is -2.21. The number of nitrogens with one attached hydrogen (secondary N) is 1. The van der Waals surface area contributed by atoms with Gasteiger partial charge in [-0.05, 0) is 43.2 Å². The fourth-order valence-electron chi connectivity index (χ4n) is 2.29. The largest absolute Gasteiger partial charge is 0.382 e. The monoisotopic (exact) mass is 221 g/mol. The van der Waals surface area contributed by atoms with Crippen LogP contribution in [0.1, 0.15) is 26.2 Å². The van der Waals surface area contributed by atoms with Crippen LogP contribution in [-0.2, 0) is 0 Å². The van der Waals surface area contributed by atoms with E-state index in [0.717, 1.165) is 5.92 Å². The molecule has 2 heteroatoms. The van der Waals surface area contributed by atoms with Crippen molar-refractivity contribution in [3.8, 4) is 0 Å². The van der Waals surface area contributed by atoms with E-state index in [4.69, 9.17) is 0 Å². The minimum absolute atomic E-state index is 0.683. The van der Waals surface area contributed by atoms with Gasteiger partial charge in [0, 0.05) is 16.6 Å². The maximum absolute atomic E-state index is 3.65. The number of hydrogen-bond acceptors (Lipinski definition) is 2. The van der Waals surface area contributed by atoms with Gasteiger partial charge in [0.1, 0.15) is 0 Å². The lowest BCUT2D eigenvalue weighted by Gasteiger charge is -2.18. The predicted molar refractivity (Wildman–Crippen MR) is 68.6 cm³/mol. The van der Waals surface area contributed by atoms with Crippen LogP contribution in [0, 0.1) is 5.92 Å². The number of anilines is 1. The molecule has 1 saturated carbocycles. The molecule has 15 heavy (non-hydrogen) atoms. The molecule has 1 aromatic carbocycles. The molecule has 0 heterocycles. The van der Waals surface area contributed by atoms with Crippen LogP contribution in [-0.4, -0.2) is 12.3 Å². The Morgan fingerprint density at radius 3 is 2.87 bits per heavy atom. The van der Waals surface area contributed by atoms with Gasteiger partial charge in [-0.2, -0.15) is 0 Å². The van der Waals surface area contributed by atoms with E-state index in [1.807, 2.05) is 0 Å². The predicted octanol–water partition coefficient (Wildman–Crippen LogP) is 4.01. The van der Waals surface area contributed by atoms with E-state index in [-0.39, 0.29) is 0 Å². The Hall–Kier alpha value is -0.630. The molecule has 2 atom stereocenters. The van der Waals surface area contributed by atoms with E-state index in [1.165, 1.54) is 29.8 Å². The zero-order chi connectivity index (χ0) is 10.7. The molecule has 2 rings (SSSR count). The zero-order valence-electron chi connectivity index (χ0n) is 9.49. The summed E-state index contributed by atoms with van der Waals surface area (Å²) in [6.07, 6.45) is 6.20. The summed E-state index contributed by atoms with van der Waals surface area (Å²) >= 11 is 1.80. The first kappa shape index (κ1) is 10.9. The highest BCUT2D eigenvalue weighted by Gasteiger charge is 2.22. The zero-order valence-corrected chi connectivity index (χ0v) is 10.3. The molecule has 1 N–H and O–H groups in total. The molecule has 0 aromatic heterocycles. The SMILES string of the molecule is CSc1cccc(N[C@@H]2CCC[C@H]2C)c1. The highest BCUT2D eigenvalue weighted by Crippen LogP contribution is 2.28. The summed E-state index contributed by atoms with van der Waals surface area (Å²) in [4.78, 5) is 1.34. The van der Waals surface area contributed by atoms with Crippen molar-refractivity contribution in [1.29, 1.82) is 0 Å². The molecule has 0 unspecified atom stereocenters. The van der Waals surface area contributed by atoms with Crippen LogP contribution in [0.2, 0.25) is 0 Å². The first-order valence-corrected chi connectivity index (χ1v) is 6.92. The quantitative estimate of drug-likeness (QED) is 0.774. The molecule has 1 aliphatic rings. The lowest BCUT2D eigenvalue weighted by molar-refractivity contribution is 0.556. The van der Waals surface area contributed by atoms with Crippen molar-refractivity contribution in [2.75, 3.05) is 11.6 Å². The van der Waals surface area contributed by atoms with Gasteiger partial charge in [0.2, 0.25) is 0 Å². The van der Waals surface area contributed by atoms with E-state index in [1.54, 1.807) is 11.8 Å². The first-order valence-electron chi connectivity index (χ1n) is 5.70. The van der Waals surface area contributed by atoms with Crippen molar-refractivity contribution < 1.29 is 0 Å². The molecule has 0 amide bonds. The molecule has 0 aliphatic heterocycles. The van der Waals surface area contributed by atoms with Gasteiger partial charge < -0.3 is 5.32 Å². The second-order valence-corrected chi connectivity index (χ2v) is 5.27. The van der Waals surface area contributed by atoms with Crippen molar-refractivity contribution in [1.82, 2.24) is 0 Å². The van der Waals surface area contributed by atoms with Gasteiger partial charge in [0.05, 0.1) is 0 Å². The second kappa shape index (κ2) is 4.93. The summed E-state index contributed by atoms with van der Waals surface area (Å²) in [7, 11) is 0. The third-order valence-corrected chi connectivity index (χ3v) is 4.01. The van der Waals surface area contributed by atoms with Gasteiger partial charge in [-0.25, -0.2) is 0 Å². The summed E-state index contributed by atoms with van der Waals surface area (Å²) in [5.41, 5.74) is 1.28. The van der Waals surface area contributed by atoms with Crippen LogP contribution < -0.4 is 5.32 Å². The maximum Gasteiger partial charge on any atom is 0.0353 e. The van der Waals surface area contributed by atoms with Crippen molar-refractivity contribution in [3.05, 3.63) is 24.3 Å². The molecule has 0 saturated heterocycles. The Morgan fingerprint density at radius 2 is 2.20 bits per heavy atom. The highest BCUT2D eigenvalue weighted by molar-refractivity contribution is 7.98. The number of rotatable bonds is 3. The van der Waals surface area contributed by atoms with E-state index >= 15 is 0 Å². The Kier molecular flexibility index (Phi) is 3.57. The standard InChI is InChI=1S/C13H19NS/c1-10-5-3-8-13(10)14-11-6-4-7-12(9-11)15-2/h4,6-7,9-10,13-14H,3,5,8H2,1-2H3/t10-,13-/m1/s1. The Bertz CT molecular complexity index is 324. The third-order valence-electron chi connectivity index (χ3n) is 3.28. The summed E-state index contributed by atoms with van der Waals surface area (Å²) in [6, 6.07) is 9.39. The van der Waals surface area contributed by atoms with Gasteiger partial charge in [-0.3, -0.25) is 0 Å². The molecule has 1 aliphatic carbocycles. The van der Waals surface area contributed by atoms with Crippen LogP contribution >= 0.6 is 11.8 Å². The fraction of sp³-hybridized carbons (Fsp3) is 0.538. The molecular weight excluding hydrogens is 202 g/mol. The Balaban J connectivity index is 2.03. The molecular formula is C13H19NS. The minimum Gasteiger partial charge on any atom is -0.382 e. The number of thioether (sulfide) groups is 1. The topological polar surface area (TPSA) is 12.0 Å². The van der Waals surface area contributed by atoms with Crippen molar-refractivity contribution >= 4 is 17.4 Å². The van der Waals surface area contributed by atoms with Crippen LogP contribution in [0.5, 0.6) is 0 Å². The summed E-state index contributed by atoms with van der Waals surface area (Å²) in [5.74, 6) is 0.822. The van der Waals surface area contributed by atoms with Crippen molar-refractivity contribution in [3.63, 3.8) is 0 Å². The van der Waals surface area contributed by atoms with Gasteiger partial charge in [-0.15, -0.1) is 11.8 Å².